The van der Waals surface area contributed by atoms with Crippen LogP contribution in [0.2, 0.25) is 0 Å². The van der Waals surface area contributed by atoms with Crippen LogP contribution in [0.25, 0.3) is 44.2 Å². The molecule has 4 N–H and O–H groups in total. The van der Waals surface area contributed by atoms with Crippen LogP contribution in [0, 0.1) is 0 Å². The standard InChI is InChI=1S/C30H34N6O.C2H6O/c1-4-10-31-15-28-33-14-26(35-28)20-6-8-22-21(11-20)17-37-27-13-23-19(12-24(22)27)7-9-25-30(23)36-29(34-25)16-32-18(3)5-2;1-3-2/h6-9,11-14,18,31-32H,4-5,10,15-17H2,1-3H3,(H,33,35)(H,34,36);1-2H3/t18-;/m0./s1. The summed E-state index contributed by atoms with van der Waals surface area (Å²) in [6, 6.07) is 15.7. The van der Waals surface area contributed by atoms with Crippen LogP contribution in [0.5, 0.6) is 5.75 Å². The van der Waals surface area contributed by atoms with Crippen molar-refractivity contribution in [3.63, 3.8) is 0 Å². The lowest BCUT2D eigenvalue weighted by Gasteiger charge is -2.22. The van der Waals surface area contributed by atoms with Gasteiger partial charge >= 0.3 is 0 Å². The maximum absolute atomic E-state index is 6.28. The van der Waals surface area contributed by atoms with Crippen LogP contribution in [-0.2, 0) is 24.4 Å². The number of hydrogen-bond acceptors (Lipinski definition) is 6. The van der Waals surface area contributed by atoms with Gasteiger partial charge in [0.2, 0.25) is 0 Å². The highest BCUT2D eigenvalue weighted by atomic mass is 16.5. The maximum Gasteiger partial charge on any atom is 0.128 e. The SMILES string of the molecule is CCCNCc1ncc(-c2ccc3c(c2)COc2cc4c(ccc5[nH]c(CN[C@@H](C)CC)nc54)cc2-3)[nH]1.COC. The van der Waals surface area contributed by atoms with Crippen LogP contribution in [0.4, 0.5) is 0 Å². The van der Waals surface area contributed by atoms with Gasteiger partial charge in [0, 0.05) is 31.2 Å². The van der Waals surface area contributed by atoms with E-state index in [1.165, 1.54) is 11.1 Å². The van der Waals surface area contributed by atoms with Crippen molar-refractivity contribution < 1.29 is 9.47 Å². The molecule has 2 aromatic heterocycles. The summed E-state index contributed by atoms with van der Waals surface area (Å²) < 4.78 is 10.5. The molecule has 8 heteroatoms. The summed E-state index contributed by atoms with van der Waals surface area (Å²) in [6.07, 6.45) is 4.12. The molecule has 0 aliphatic carbocycles. The highest BCUT2D eigenvalue weighted by molar-refractivity contribution is 6.07. The zero-order valence-electron chi connectivity index (χ0n) is 24.1. The Kier molecular flexibility index (Phi) is 8.79. The van der Waals surface area contributed by atoms with Crippen LogP contribution < -0.4 is 15.4 Å². The third kappa shape index (κ3) is 5.89. The number of nitrogens with zero attached hydrogens (tertiary/aromatic N) is 2. The van der Waals surface area contributed by atoms with E-state index in [1.54, 1.807) is 14.2 Å². The molecule has 3 aromatic carbocycles. The van der Waals surface area contributed by atoms with Crippen molar-refractivity contribution in [2.75, 3.05) is 20.8 Å². The average molecular weight is 541 g/mol. The fourth-order valence-electron chi connectivity index (χ4n) is 4.99. The van der Waals surface area contributed by atoms with Gasteiger partial charge in [0.05, 0.1) is 36.0 Å². The monoisotopic (exact) mass is 540 g/mol. The third-order valence-corrected chi connectivity index (χ3v) is 7.28. The van der Waals surface area contributed by atoms with Crippen molar-refractivity contribution in [1.82, 2.24) is 30.6 Å². The smallest absolute Gasteiger partial charge is 0.128 e. The molecule has 0 bridgehead atoms. The number of imidazole rings is 2. The molecular formula is C32H40N6O2. The molecule has 1 atom stereocenters. The zero-order chi connectivity index (χ0) is 28.1. The lowest BCUT2D eigenvalue weighted by atomic mass is 9.92. The molecule has 0 fully saturated rings. The van der Waals surface area contributed by atoms with E-state index >= 15 is 0 Å². The van der Waals surface area contributed by atoms with Crippen molar-refractivity contribution in [3.05, 3.63) is 65.9 Å². The molecule has 1 aliphatic heterocycles. The van der Waals surface area contributed by atoms with E-state index in [0.29, 0.717) is 12.6 Å². The van der Waals surface area contributed by atoms with Gasteiger partial charge in [0.1, 0.15) is 24.0 Å². The van der Waals surface area contributed by atoms with E-state index in [-0.39, 0.29) is 0 Å². The Balaban J connectivity index is 0.00000103. The minimum Gasteiger partial charge on any atom is -0.488 e. The predicted octanol–water partition coefficient (Wildman–Crippen LogP) is 6.32. The summed E-state index contributed by atoms with van der Waals surface area (Å²) >= 11 is 0. The van der Waals surface area contributed by atoms with E-state index in [9.17, 15) is 0 Å². The minimum absolute atomic E-state index is 0.462. The molecule has 0 saturated heterocycles. The van der Waals surface area contributed by atoms with Gasteiger partial charge in [-0.1, -0.05) is 32.0 Å². The second-order valence-corrected chi connectivity index (χ2v) is 10.4. The van der Waals surface area contributed by atoms with Crippen LogP contribution >= 0.6 is 0 Å². The second-order valence-electron chi connectivity index (χ2n) is 10.4. The first-order chi connectivity index (χ1) is 19.5. The Hall–Kier alpha value is -3.72. The lowest BCUT2D eigenvalue weighted by Crippen LogP contribution is -2.24. The van der Waals surface area contributed by atoms with Gasteiger partial charge in [-0.15, -0.1) is 0 Å². The van der Waals surface area contributed by atoms with Crippen molar-refractivity contribution >= 4 is 21.8 Å². The Labute approximate surface area is 235 Å². The molecule has 8 nitrogen and oxygen atoms in total. The average Bonchev–Trinajstić information content (AvgIpc) is 3.62. The first-order valence-corrected chi connectivity index (χ1v) is 14.1. The zero-order valence-corrected chi connectivity index (χ0v) is 24.1. The van der Waals surface area contributed by atoms with Gasteiger partial charge in [-0.25, -0.2) is 9.97 Å². The molecule has 40 heavy (non-hydrogen) atoms. The van der Waals surface area contributed by atoms with E-state index in [4.69, 9.17) is 9.72 Å². The Morgan fingerprint density at radius 2 is 1.85 bits per heavy atom. The molecule has 1 aliphatic rings. The quantitative estimate of drug-likeness (QED) is 0.163. The van der Waals surface area contributed by atoms with Crippen molar-refractivity contribution in [2.24, 2.45) is 0 Å². The van der Waals surface area contributed by atoms with E-state index in [1.807, 2.05) is 6.20 Å². The number of nitrogens with one attached hydrogen (secondary N) is 4. The van der Waals surface area contributed by atoms with Gasteiger partial charge in [0.15, 0.2) is 0 Å². The number of methoxy groups -OCH3 is 1. The molecule has 0 spiro atoms. The van der Waals surface area contributed by atoms with Gasteiger partial charge < -0.3 is 30.1 Å². The van der Waals surface area contributed by atoms with E-state index in [2.05, 4.69) is 93.6 Å². The molecule has 0 saturated carbocycles. The molecule has 6 rings (SSSR count). The van der Waals surface area contributed by atoms with Crippen molar-refractivity contribution in [1.29, 1.82) is 0 Å². The Morgan fingerprint density at radius 3 is 2.65 bits per heavy atom. The number of hydrogen-bond donors (Lipinski definition) is 4. The number of aromatic nitrogens is 4. The highest BCUT2D eigenvalue weighted by Gasteiger charge is 2.20. The Morgan fingerprint density at radius 1 is 1.00 bits per heavy atom. The normalized spacial score (nSPS) is 12.9. The second kappa shape index (κ2) is 12.6. The van der Waals surface area contributed by atoms with Crippen molar-refractivity contribution in [2.45, 2.75) is 59.4 Å². The fourth-order valence-corrected chi connectivity index (χ4v) is 4.99. The topological polar surface area (TPSA) is 99.9 Å². The third-order valence-electron chi connectivity index (χ3n) is 7.28. The van der Waals surface area contributed by atoms with Gasteiger partial charge in [-0.3, -0.25) is 0 Å². The summed E-state index contributed by atoms with van der Waals surface area (Å²) in [6.45, 7) is 9.56. The number of benzene rings is 3. The molecule has 0 amide bonds. The summed E-state index contributed by atoms with van der Waals surface area (Å²) in [4.78, 5) is 16.4. The Bertz CT molecular complexity index is 1590. The molecule has 0 radical (unpaired) electrons. The molecule has 210 valence electrons. The first-order valence-electron chi connectivity index (χ1n) is 14.1. The molecule has 3 heterocycles. The first kappa shape index (κ1) is 27.8. The van der Waals surface area contributed by atoms with Gasteiger partial charge in [-0.2, -0.15) is 0 Å². The van der Waals surface area contributed by atoms with E-state index in [0.717, 1.165) is 88.5 Å². The summed E-state index contributed by atoms with van der Waals surface area (Å²) in [5.41, 5.74) is 7.73. The molecule has 5 aromatic rings. The van der Waals surface area contributed by atoms with Crippen LogP contribution in [0.1, 0.15) is 50.8 Å². The largest absolute Gasteiger partial charge is 0.488 e. The summed E-state index contributed by atoms with van der Waals surface area (Å²) in [5.74, 6) is 2.83. The molecular weight excluding hydrogens is 500 g/mol. The summed E-state index contributed by atoms with van der Waals surface area (Å²) in [7, 11) is 3.25. The highest BCUT2D eigenvalue weighted by Crippen LogP contribution is 2.42. The minimum atomic E-state index is 0.462. The molecule has 0 unspecified atom stereocenters. The van der Waals surface area contributed by atoms with Gasteiger partial charge in [0.25, 0.3) is 0 Å². The summed E-state index contributed by atoms with van der Waals surface area (Å²) in [5, 5.41) is 9.19. The number of H-pyrrole nitrogens is 2. The lowest BCUT2D eigenvalue weighted by molar-refractivity contribution is 0.277. The van der Waals surface area contributed by atoms with Crippen LogP contribution in [0.15, 0.2) is 48.7 Å². The number of ether oxygens (including phenoxy) is 2. The van der Waals surface area contributed by atoms with E-state index < -0.39 is 0 Å². The maximum atomic E-state index is 6.28. The van der Waals surface area contributed by atoms with Crippen LogP contribution in [0.3, 0.4) is 0 Å². The number of fused-ring (bicyclic) bond motifs is 6. The predicted molar refractivity (Wildman–Crippen MR) is 162 cm³/mol. The van der Waals surface area contributed by atoms with Crippen molar-refractivity contribution in [3.8, 4) is 28.1 Å². The van der Waals surface area contributed by atoms with Gasteiger partial charge in [-0.05, 0) is 72.7 Å². The number of aromatic amines is 2. The van der Waals surface area contributed by atoms with Crippen LogP contribution in [-0.4, -0.2) is 46.7 Å². The number of rotatable bonds is 9. The fraction of sp³-hybridized carbons (Fsp3) is 0.375.